The van der Waals surface area contributed by atoms with E-state index in [1.54, 1.807) is 12.1 Å². The minimum Gasteiger partial charge on any atom is -0.507 e. The fourth-order valence-electron chi connectivity index (χ4n) is 4.16. The van der Waals surface area contributed by atoms with Crippen molar-refractivity contribution in [2.24, 2.45) is 0 Å². The number of para-hydroxylation sites is 1. The number of nitro benzene ring substituents is 3. The predicted octanol–water partition coefficient (Wildman–Crippen LogP) is 5.64. The van der Waals surface area contributed by atoms with Crippen LogP contribution in [0.3, 0.4) is 0 Å². The number of phenols is 1. The zero-order valence-corrected chi connectivity index (χ0v) is 19.4. The van der Waals surface area contributed by atoms with E-state index in [1.807, 2.05) is 6.92 Å². The Labute approximate surface area is 208 Å². The second-order valence-electron chi connectivity index (χ2n) is 8.18. The molecule has 0 saturated carbocycles. The molecule has 12 heteroatoms. The molecule has 0 radical (unpaired) electrons. The Morgan fingerprint density at radius 1 is 0.919 bits per heavy atom. The van der Waals surface area contributed by atoms with Crippen molar-refractivity contribution in [3.63, 3.8) is 0 Å². The molecule has 3 aromatic rings. The monoisotopic (exact) mass is 505 g/mol. The van der Waals surface area contributed by atoms with Gasteiger partial charge in [0.25, 0.3) is 17.1 Å². The van der Waals surface area contributed by atoms with Crippen molar-refractivity contribution in [1.82, 2.24) is 0 Å². The van der Waals surface area contributed by atoms with E-state index in [9.17, 15) is 40.2 Å². The number of benzene rings is 3. The minimum atomic E-state index is -0.921. The summed E-state index contributed by atoms with van der Waals surface area (Å²) in [6.45, 7) is 1.91. The van der Waals surface area contributed by atoms with Crippen LogP contribution in [0.25, 0.3) is 22.8 Å². The zero-order chi connectivity index (χ0) is 26.9. The molecule has 37 heavy (non-hydrogen) atoms. The van der Waals surface area contributed by atoms with Gasteiger partial charge in [-0.1, -0.05) is 31.5 Å². The maximum atomic E-state index is 13.1. The Kier molecular flexibility index (Phi) is 6.65. The number of ether oxygens (including phenoxy) is 1. The second kappa shape index (κ2) is 9.85. The van der Waals surface area contributed by atoms with Crippen molar-refractivity contribution in [1.29, 1.82) is 0 Å². The van der Waals surface area contributed by atoms with Crippen molar-refractivity contribution in [2.75, 3.05) is 6.61 Å². The lowest BCUT2D eigenvalue weighted by molar-refractivity contribution is -0.393. The van der Waals surface area contributed by atoms with Gasteiger partial charge in [-0.2, -0.15) is 0 Å². The third kappa shape index (κ3) is 4.59. The zero-order valence-electron chi connectivity index (χ0n) is 19.4. The van der Waals surface area contributed by atoms with Crippen LogP contribution in [0.15, 0.2) is 48.5 Å². The van der Waals surface area contributed by atoms with Crippen LogP contribution < -0.4 is 0 Å². The first-order valence-electron chi connectivity index (χ1n) is 11.1. The number of non-ortho nitro benzene ring substituents is 2. The van der Waals surface area contributed by atoms with Gasteiger partial charge in [0.15, 0.2) is 0 Å². The molecule has 0 atom stereocenters. The molecule has 0 aromatic heterocycles. The molecule has 4 rings (SSSR count). The van der Waals surface area contributed by atoms with Gasteiger partial charge in [-0.05, 0) is 29.7 Å². The van der Waals surface area contributed by atoms with E-state index < -0.39 is 37.8 Å². The Morgan fingerprint density at radius 3 is 2.14 bits per heavy atom. The molecule has 0 bridgehead atoms. The summed E-state index contributed by atoms with van der Waals surface area (Å²) in [5.74, 6) is -1.08. The first kappa shape index (κ1) is 25.0. The molecular formula is C25H19N3O9. The Morgan fingerprint density at radius 2 is 1.54 bits per heavy atom. The summed E-state index contributed by atoms with van der Waals surface area (Å²) >= 11 is 0. The van der Waals surface area contributed by atoms with Crippen LogP contribution in [0, 0.1) is 30.3 Å². The number of aromatic hydroxyl groups is 1. The Balaban J connectivity index is 2.12. The van der Waals surface area contributed by atoms with Crippen LogP contribution in [0.1, 0.15) is 46.8 Å². The molecule has 0 heterocycles. The standard InChI is InChI=1S/C25H19N3O9/c1-2-3-8-37-25(30)20-12-15(26(31)32)10-18-17(9-14-6-4-5-7-22(14)29)19-11-16(27(33)34)13-21(28(35)36)24(19)23(18)20/h4-7,9-13,29H,2-3,8H2,1H3/b17-9+. The molecule has 0 unspecified atom stereocenters. The summed E-state index contributed by atoms with van der Waals surface area (Å²) in [6, 6.07) is 10.1. The average Bonchev–Trinajstić information content (AvgIpc) is 3.17. The molecular weight excluding hydrogens is 486 g/mol. The normalized spacial score (nSPS) is 12.6. The molecule has 1 N–H and O–H groups in total. The van der Waals surface area contributed by atoms with E-state index in [-0.39, 0.29) is 51.3 Å². The highest BCUT2D eigenvalue weighted by molar-refractivity contribution is 6.15. The van der Waals surface area contributed by atoms with Crippen LogP contribution in [0.4, 0.5) is 17.1 Å². The van der Waals surface area contributed by atoms with E-state index in [0.29, 0.717) is 12.8 Å². The number of hydrogen-bond donors (Lipinski definition) is 1. The molecule has 0 aliphatic heterocycles. The van der Waals surface area contributed by atoms with Gasteiger partial charge in [-0.15, -0.1) is 0 Å². The molecule has 3 aromatic carbocycles. The molecule has 0 fully saturated rings. The molecule has 0 spiro atoms. The maximum Gasteiger partial charge on any atom is 0.339 e. The maximum absolute atomic E-state index is 13.1. The fraction of sp³-hybridized carbons (Fsp3) is 0.160. The SMILES string of the molecule is CCCCOC(=O)c1cc([N+](=O)[O-])cc2c1-c1c(cc([N+](=O)[O-])cc1[N+](=O)[O-])/C2=C/c1ccccc1O. The van der Waals surface area contributed by atoms with Crippen LogP contribution in [0.2, 0.25) is 0 Å². The topological polar surface area (TPSA) is 176 Å². The molecule has 188 valence electrons. The van der Waals surface area contributed by atoms with Crippen LogP contribution in [-0.4, -0.2) is 32.5 Å². The predicted molar refractivity (Wildman–Crippen MR) is 132 cm³/mol. The molecule has 1 aliphatic rings. The summed E-state index contributed by atoms with van der Waals surface area (Å²) in [6.07, 6.45) is 2.65. The van der Waals surface area contributed by atoms with Gasteiger partial charge in [0, 0.05) is 34.9 Å². The van der Waals surface area contributed by atoms with Gasteiger partial charge < -0.3 is 9.84 Å². The number of nitrogens with zero attached hydrogens (tertiary/aromatic N) is 3. The minimum absolute atomic E-state index is 0.00892. The first-order valence-corrected chi connectivity index (χ1v) is 11.1. The molecule has 0 saturated heterocycles. The number of carbonyl (C=O) groups excluding carboxylic acids is 1. The summed E-state index contributed by atoms with van der Waals surface area (Å²) in [5.41, 5.74) is -1.64. The van der Waals surface area contributed by atoms with Crippen molar-refractivity contribution in [2.45, 2.75) is 19.8 Å². The van der Waals surface area contributed by atoms with Crippen LogP contribution >= 0.6 is 0 Å². The molecule has 0 amide bonds. The third-order valence-electron chi connectivity index (χ3n) is 5.86. The van der Waals surface area contributed by atoms with Crippen molar-refractivity contribution in [3.05, 3.63) is 101 Å². The highest BCUT2D eigenvalue weighted by Crippen LogP contribution is 2.53. The average molecular weight is 505 g/mol. The van der Waals surface area contributed by atoms with E-state index in [4.69, 9.17) is 4.74 Å². The fourth-order valence-corrected chi connectivity index (χ4v) is 4.16. The number of rotatable bonds is 8. The summed E-state index contributed by atoms with van der Waals surface area (Å²) < 4.78 is 5.28. The van der Waals surface area contributed by atoms with E-state index in [1.165, 1.54) is 18.2 Å². The van der Waals surface area contributed by atoms with Crippen molar-refractivity contribution in [3.8, 4) is 16.9 Å². The summed E-state index contributed by atoms with van der Waals surface area (Å²) in [5, 5.41) is 45.7. The summed E-state index contributed by atoms with van der Waals surface area (Å²) in [4.78, 5) is 46.1. The third-order valence-corrected chi connectivity index (χ3v) is 5.86. The van der Waals surface area contributed by atoms with Gasteiger partial charge in [0.05, 0.1) is 38.6 Å². The van der Waals surface area contributed by atoms with E-state index in [0.717, 1.165) is 24.3 Å². The van der Waals surface area contributed by atoms with E-state index >= 15 is 0 Å². The summed E-state index contributed by atoms with van der Waals surface area (Å²) in [7, 11) is 0. The number of fused-ring (bicyclic) bond motifs is 3. The van der Waals surface area contributed by atoms with Crippen LogP contribution in [0.5, 0.6) is 5.75 Å². The Bertz CT molecular complexity index is 1510. The number of unbranched alkanes of at least 4 members (excludes halogenated alkanes) is 1. The number of nitro groups is 3. The van der Waals surface area contributed by atoms with Gasteiger partial charge in [0.1, 0.15) is 5.75 Å². The second-order valence-corrected chi connectivity index (χ2v) is 8.18. The highest BCUT2D eigenvalue weighted by Gasteiger charge is 2.38. The van der Waals surface area contributed by atoms with Gasteiger partial charge >= 0.3 is 5.97 Å². The number of carbonyl (C=O) groups is 1. The molecule has 1 aliphatic carbocycles. The Hall–Kier alpha value is -5.13. The lowest BCUT2D eigenvalue weighted by atomic mass is 9.96. The lowest BCUT2D eigenvalue weighted by Gasteiger charge is -2.10. The smallest absolute Gasteiger partial charge is 0.339 e. The van der Waals surface area contributed by atoms with Gasteiger partial charge in [-0.3, -0.25) is 30.3 Å². The first-order chi connectivity index (χ1) is 17.6. The lowest BCUT2D eigenvalue weighted by Crippen LogP contribution is -2.09. The quantitative estimate of drug-likeness (QED) is 0.137. The van der Waals surface area contributed by atoms with Gasteiger partial charge in [-0.25, -0.2) is 4.79 Å². The molecule has 12 nitrogen and oxygen atoms in total. The van der Waals surface area contributed by atoms with E-state index in [2.05, 4.69) is 0 Å². The highest BCUT2D eigenvalue weighted by atomic mass is 16.6. The number of hydrogen-bond acceptors (Lipinski definition) is 9. The largest absolute Gasteiger partial charge is 0.507 e. The van der Waals surface area contributed by atoms with Crippen molar-refractivity contribution < 1.29 is 29.4 Å². The number of phenolic OH excluding ortho intramolecular Hbond substituents is 1. The van der Waals surface area contributed by atoms with Crippen molar-refractivity contribution >= 4 is 34.7 Å². The number of esters is 1. The van der Waals surface area contributed by atoms with Gasteiger partial charge in [0.2, 0.25) is 0 Å². The van der Waals surface area contributed by atoms with Crippen LogP contribution in [-0.2, 0) is 4.74 Å².